The van der Waals surface area contributed by atoms with Crippen molar-refractivity contribution in [1.82, 2.24) is 10.3 Å². The summed E-state index contributed by atoms with van der Waals surface area (Å²) in [7, 11) is 0. The van der Waals surface area contributed by atoms with Crippen LogP contribution >= 0.6 is 0 Å². The molecule has 6 heteroatoms. The van der Waals surface area contributed by atoms with E-state index in [4.69, 9.17) is 4.74 Å². The zero-order chi connectivity index (χ0) is 13.9. The van der Waals surface area contributed by atoms with E-state index < -0.39 is 11.7 Å². The van der Waals surface area contributed by atoms with E-state index in [1.807, 2.05) is 26.8 Å². The van der Waals surface area contributed by atoms with Gasteiger partial charge in [0.1, 0.15) is 11.4 Å². The van der Waals surface area contributed by atoms with Crippen LogP contribution in [-0.2, 0) is 4.74 Å². The summed E-state index contributed by atoms with van der Waals surface area (Å²) >= 11 is 0. The van der Waals surface area contributed by atoms with Crippen molar-refractivity contribution in [2.75, 3.05) is 23.7 Å². The summed E-state index contributed by atoms with van der Waals surface area (Å²) in [6.45, 7) is 7.40. The SMILES string of the molecule is CC(C)(C)OC(=O)Nc1ccc(NC2CNC2)cn1. The van der Waals surface area contributed by atoms with E-state index in [9.17, 15) is 4.79 Å². The second-order valence-electron chi connectivity index (χ2n) is 5.56. The number of carbonyl (C=O) groups excluding carboxylic acids is 1. The number of aromatic nitrogens is 1. The van der Waals surface area contributed by atoms with Crippen LogP contribution < -0.4 is 16.0 Å². The average molecular weight is 264 g/mol. The molecule has 2 heterocycles. The highest BCUT2D eigenvalue weighted by molar-refractivity contribution is 5.83. The second-order valence-corrected chi connectivity index (χ2v) is 5.56. The molecule has 1 fully saturated rings. The maximum absolute atomic E-state index is 11.5. The van der Waals surface area contributed by atoms with Crippen LogP contribution in [0.1, 0.15) is 20.8 Å². The zero-order valence-electron chi connectivity index (χ0n) is 11.5. The van der Waals surface area contributed by atoms with Gasteiger partial charge in [-0.3, -0.25) is 5.32 Å². The maximum Gasteiger partial charge on any atom is 0.413 e. The highest BCUT2D eigenvalue weighted by Crippen LogP contribution is 2.13. The molecule has 0 spiro atoms. The summed E-state index contributed by atoms with van der Waals surface area (Å²) in [5.41, 5.74) is 0.434. The van der Waals surface area contributed by atoms with Gasteiger partial charge in [0.15, 0.2) is 0 Å². The number of anilines is 2. The summed E-state index contributed by atoms with van der Waals surface area (Å²) in [4.78, 5) is 15.7. The van der Waals surface area contributed by atoms with Crippen LogP contribution in [0.25, 0.3) is 0 Å². The predicted octanol–water partition coefficient (Wildman–Crippen LogP) is 1.81. The van der Waals surface area contributed by atoms with Gasteiger partial charge in [-0.15, -0.1) is 0 Å². The predicted molar refractivity (Wildman–Crippen MR) is 74.4 cm³/mol. The molecule has 0 saturated carbocycles. The second kappa shape index (κ2) is 5.44. The smallest absolute Gasteiger partial charge is 0.413 e. The van der Waals surface area contributed by atoms with Gasteiger partial charge in [0.2, 0.25) is 0 Å². The molecule has 1 aromatic rings. The number of pyridine rings is 1. The lowest BCUT2D eigenvalue weighted by molar-refractivity contribution is 0.0635. The number of hydrogen-bond acceptors (Lipinski definition) is 5. The van der Waals surface area contributed by atoms with Crippen LogP contribution in [0.5, 0.6) is 0 Å². The van der Waals surface area contributed by atoms with Crippen LogP contribution in [0.15, 0.2) is 18.3 Å². The van der Waals surface area contributed by atoms with Gasteiger partial charge >= 0.3 is 6.09 Å². The Morgan fingerprint density at radius 2 is 2.16 bits per heavy atom. The highest BCUT2D eigenvalue weighted by atomic mass is 16.6. The molecule has 1 aliphatic rings. The van der Waals surface area contributed by atoms with Crippen molar-refractivity contribution in [3.05, 3.63) is 18.3 Å². The summed E-state index contributed by atoms with van der Waals surface area (Å²) < 4.78 is 5.15. The lowest BCUT2D eigenvalue weighted by Gasteiger charge is -2.28. The molecule has 1 saturated heterocycles. The summed E-state index contributed by atoms with van der Waals surface area (Å²) in [6.07, 6.45) is 1.20. The number of ether oxygens (including phenoxy) is 1. The molecule has 3 N–H and O–H groups in total. The lowest BCUT2D eigenvalue weighted by Crippen LogP contribution is -2.51. The normalized spacial score (nSPS) is 15.5. The molecule has 0 radical (unpaired) electrons. The fourth-order valence-corrected chi connectivity index (χ4v) is 1.59. The molecule has 6 nitrogen and oxygen atoms in total. The molecule has 0 atom stereocenters. The van der Waals surface area contributed by atoms with Gasteiger partial charge < -0.3 is 15.4 Å². The monoisotopic (exact) mass is 264 g/mol. The Bertz CT molecular complexity index is 435. The number of nitrogens with one attached hydrogen (secondary N) is 3. The van der Waals surface area contributed by atoms with E-state index in [0.717, 1.165) is 18.8 Å². The van der Waals surface area contributed by atoms with Gasteiger partial charge in [-0.2, -0.15) is 0 Å². The first-order valence-corrected chi connectivity index (χ1v) is 6.36. The van der Waals surface area contributed by atoms with Crippen molar-refractivity contribution in [2.24, 2.45) is 0 Å². The zero-order valence-corrected chi connectivity index (χ0v) is 11.5. The molecule has 104 valence electrons. The van der Waals surface area contributed by atoms with Crippen LogP contribution in [0.3, 0.4) is 0 Å². The minimum absolute atomic E-state index is 0.464. The lowest BCUT2D eigenvalue weighted by atomic mass is 10.2. The number of hydrogen-bond donors (Lipinski definition) is 3. The van der Waals surface area contributed by atoms with Crippen LogP contribution in [0.4, 0.5) is 16.3 Å². The average Bonchev–Trinajstić information content (AvgIpc) is 2.23. The first-order chi connectivity index (χ1) is 8.92. The highest BCUT2D eigenvalue weighted by Gasteiger charge is 2.17. The topological polar surface area (TPSA) is 75.3 Å². The molecule has 1 amide bonds. The maximum atomic E-state index is 11.5. The van der Waals surface area contributed by atoms with Gasteiger partial charge in [0, 0.05) is 13.1 Å². The number of rotatable bonds is 3. The van der Waals surface area contributed by atoms with Gasteiger partial charge in [0.05, 0.1) is 17.9 Å². The molecule has 0 unspecified atom stereocenters. The van der Waals surface area contributed by atoms with E-state index in [0.29, 0.717) is 11.9 Å². The largest absolute Gasteiger partial charge is 0.444 e. The molecule has 0 aromatic carbocycles. The fraction of sp³-hybridized carbons (Fsp3) is 0.538. The van der Waals surface area contributed by atoms with Crippen molar-refractivity contribution >= 4 is 17.6 Å². The Balaban J connectivity index is 1.85. The third-order valence-electron chi connectivity index (χ3n) is 2.54. The summed E-state index contributed by atoms with van der Waals surface area (Å²) in [5, 5.41) is 9.11. The Hall–Kier alpha value is -1.82. The third kappa shape index (κ3) is 4.40. The van der Waals surface area contributed by atoms with Crippen molar-refractivity contribution in [1.29, 1.82) is 0 Å². The first kappa shape index (κ1) is 13.6. The number of nitrogens with zero attached hydrogens (tertiary/aromatic N) is 1. The van der Waals surface area contributed by atoms with Gasteiger partial charge in [-0.05, 0) is 32.9 Å². The molecule has 0 bridgehead atoms. The van der Waals surface area contributed by atoms with Gasteiger partial charge in [-0.25, -0.2) is 9.78 Å². The molecular formula is C13H20N4O2. The quantitative estimate of drug-likeness (QED) is 0.776. The summed E-state index contributed by atoms with van der Waals surface area (Å²) in [5.74, 6) is 0.478. The van der Waals surface area contributed by atoms with Crippen molar-refractivity contribution in [3.63, 3.8) is 0 Å². The summed E-state index contributed by atoms with van der Waals surface area (Å²) in [6, 6.07) is 4.10. The van der Waals surface area contributed by atoms with E-state index >= 15 is 0 Å². The Morgan fingerprint density at radius 3 is 2.63 bits per heavy atom. The van der Waals surface area contributed by atoms with E-state index in [-0.39, 0.29) is 0 Å². The van der Waals surface area contributed by atoms with Crippen molar-refractivity contribution in [3.8, 4) is 0 Å². The molecule has 1 aliphatic heterocycles. The van der Waals surface area contributed by atoms with Crippen LogP contribution in [0.2, 0.25) is 0 Å². The third-order valence-corrected chi connectivity index (χ3v) is 2.54. The number of carbonyl (C=O) groups is 1. The van der Waals surface area contributed by atoms with E-state index in [2.05, 4.69) is 20.9 Å². The molecule has 0 aliphatic carbocycles. The minimum Gasteiger partial charge on any atom is -0.444 e. The Morgan fingerprint density at radius 1 is 1.42 bits per heavy atom. The van der Waals surface area contributed by atoms with Crippen LogP contribution in [0, 0.1) is 0 Å². The Kier molecular flexibility index (Phi) is 3.90. The molecule has 19 heavy (non-hydrogen) atoms. The van der Waals surface area contributed by atoms with E-state index in [1.54, 1.807) is 12.3 Å². The van der Waals surface area contributed by atoms with Crippen LogP contribution in [-0.4, -0.2) is 35.8 Å². The van der Waals surface area contributed by atoms with Crippen molar-refractivity contribution < 1.29 is 9.53 Å². The molecule has 1 aromatic heterocycles. The minimum atomic E-state index is -0.511. The standard InChI is InChI=1S/C13H20N4O2/c1-13(2,3)19-12(18)17-11-5-4-9(8-15-11)16-10-6-14-7-10/h4-5,8,10,14,16H,6-7H2,1-3H3,(H,15,17,18). The van der Waals surface area contributed by atoms with Gasteiger partial charge in [0.25, 0.3) is 0 Å². The van der Waals surface area contributed by atoms with E-state index in [1.165, 1.54) is 0 Å². The van der Waals surface area contributed by atoms with Gasteiger partial charge in [-0.1, -0.05) is 0 Å². The number of amides is 1. The Labute approximate surface area is 112 Å². The molecular weight excluding hydrogens is 244 g/mol. The van der Waals surface area contributed by atoms with Crippen molar-refractivity contribution in [2.45, 2.75) is 32.4 Å². The molecule has 2 rings (SSSR count). The first-order valence-electron chi connectivity index (χ1n) is 6.36. The fourth-order valence-electron chi connectivity index (χ4n) is 1.59.